The zero-order valence-corrected chi connectivity index (χ0v) is 10.7. The third-order valence-electron chi connectivity index (χ3n) is 2.30. The minimum absolute atomic E-state index is 0.150. The van der Waals surface area contributed by atoms with Gasteiger partial charge in [-0.05, 0) is 24.3 Å². The fourth-order valence-corrected chi connectivity index (χ4v) is 1.54. The van der Waals surface area contributed by atoms with Gasteiger partial charge in [0.15, 0.2) is 0 Å². The molecule has 2 aromatic rings. The largest absolute Gasteiger partial charge is 0.367 e. The Morgan fingerprint density at radius 2 is 2.00 bits per heavy atom. The van der Waals surface area contributed by atoms with Crippen molar-refractivity contribution in [1.82, 2.24) is 9.97 Å². The van der Waals surface area contributed by atoms with E-state index in [1.807, 2.05) is 0 Å². The Balaban J connectivity index is 2.26. The van der Waals surface area contributed by atoms with Crippen LogP contribution in [0.3, 0.4) is 0 Å². The van der Waals surface area contributed by atoms with Gasteiger partial charge in [-0.25, -0.2) is 4.98 Å². The first-order valence-electron chi connectivity index (χ1n) is 5.32. The SMILES string of the molecule is CNc1nc(Nc2ccc(Cl)cc2)ncc1[N+](=O)[O-]. The summed E-state index contributed by atoms with van der Waals surface area (Å²) in [5.74, 6) is 0.411. The highest BCUT2D eigenvalue weighted by Gasteiger charge is 2.15. The smallest absolute Gasteiger partial charge is 0.329 e. The number of rotatable bonds is 4. The van der Waals surface area contributed by atoms with Crippen molar-refractivity contribution in [2.24, 2.45) is 0 Å². The fourth-order valence-electron chi connectivity index (χ4n) is 1.42. The molecule has 1 aromatic carbocycles. The van der Waals surface area contributed by atoms with E-state index >= 15 is 0 Å². The quantitative estimate of drug-likeness (QED) is 0.660. The van der Waals surface area contributed by atoms with Gasteiger partial charge in [-0.2, -0.15) is 4.98 Å². The van der Waals surface area contributed by atoms with E-state index in [2.05, 4.69) is 20.6 Å². The second-order valence-electron chi connectivity index (χ2n) is 3.57. The molecule has 0 aliphatic heterocycles. The first-order valence-corrected chi connectivity index (χ1v) is 5.69. The lowest BCUT2D eigenvalue weighted by Crippen LogP contribution is -2.04. The lowest BCUT2D eigenvalue weighted by molar-refractivity contribution is -0.384. The van der Waals surface area contributed by atoms with E-state index in [0.717, 1.165) is 11.9 Å². The van der Waals surface area contributed by atoms with Gasteiger partial charge in [0, 0.05) is 17.8 Å². The van der Waals surface area contributed by atoms with E-state index in [-0.39, 0.29) is 17.5 Å². The molecule has 2 rings (SSSR count). The van der Waals surface area contributed by atoms with Crippen molar-refractivity contribution >= 4 is 34.7 Å². The van der Waals surface area contributed by atoms with Crippen LogP contribution in [-0.4, -0.2) is 21.9 Å². The maximum atomic E-state index is 10.7. The van der Waals surface area contributed by atoms with Gasteiger partial charge in [0.05, 0.1) is 4.92 Å². The van der Waals surface area contributed by atoms with E-state index in [9.17, 15) is 10.1 Å². The minimum atomic E-state index is -0.544. The molecule has 0 saturated heterocycles. The highest BCUT2D eigenvalue weighted by atomic mass is 35.5. The Hall–Kier alpha value is -2.41. The molecule has 0 unspecified atom stereocenters. The number of anilines is 3. The number of nitrogens with one attached hydrogen (secondary N) is 2. The minimum Gasteiger partial charge on any atom is -0.367 e. The predicted octanol–water partition coefficient (Wildman–Crippen LogP) is 2.82. The summed E-state index contributed by atoms with van der Waals surface area (Å²) in [6.45, 7) is 0. The number of benzene rings is 1. The molecular formula is C11H10ClN5O2. The van der Waals surface area contributed by atoms with Crippen LogP contribution in [-0.2, 0) is 0 Å². The Kier molecular flexibility index (Phi) is 3.76. The van der Waals surface area contributed by atoms with Crippen molar-refractivity contribution in [3.8, 4) is 0 Å². The molecule has 0 fully saturated rings. The molecule has 1 aromatic heterocycles. The lowest BCUT2D eigenvalue weighted by Gasteiger charge is -2.06. The molecule has 98 valence electrons. The number of halogens is 1. The molecule has 0 radical (unpaired) electrons. The van der Waals surface area contributed by atoms with Crippen LogP contribution in [0.25, 0.3) is 0 Å². The maximum absolute atomic E-state index is 10.7. The van der Waals surface area contributed by atoms with Crippen LogP contribution in [0.4, 0.5) is 23.1 Å². The molecule has 0 aliphatic rings. The summed E-state index contributed by atoms with van der Waals surface area (Å²) >= 11 is 5.77. The number of aromatic nitrogens is 2. The monoisotopic (exact) mass is 279 g/mol. The zero-order valence-electron chi connectivity index (χ0n) is 9.92. The van der Waals surface area contributed by atoms with E-state index in [1.54, 1.807) is 31.3 Å². The van der Waals surface area contributed by atoms with Gasteiger partial charge in [-0.3, -0.25) is 10.1 Å². The Morgan fingerprint density at radius 1 is 1.32 bits per heavy atom. The van der Waals surface area contributed by atoms with Gasteiger partial charge >= 0.3 is 5.69 Å². The van der Waals surface area contributed by atoms with Gasteiger partial charge in [-0.1, -0.05) is 11.6 Å². The number of nitro groups is 1. The van der Waals surface area contributed by atoms with Crippen LogP contribution in [0.5, 0.6) is 0 Å². The molecule has 0 atom stereocenters. The van der Waals surface area contributed by atoms with E-state index < -0.39 is 4.92 Å². The molecule has 8 heteroatoms. The highest BCUT2D eigenvalue weighted by Crippen LogP contribution is 2.23. The molecule has 0 saturated carbocycles. The van der Waals surface area contributed by atoms with Gasteiger partial charge < -0.3 is 10.6 Å². The third kappa shape index (κ3) is 3.08. The molecule has 0 spiro atoms. The second-order valence-corrected chi connectivity index (χ2v) is 4.00. The van der Waals surface area contributed by atoms with Crippen molar-refractivity contribution in [3.05, 3.63) is 45.6 Å². The van der Waals surface area contributed by atoms with Crippen LogP contribution in [0.1, 0.15) is 0 Å². The molecule has 2 N–H and O–H groups in total. The molecule has 0 amide bonds. The third-order valence-corrected chi connectivity index (χ3v) is 2.56. The number of hydrogen-bond acceptors (Lipinski definition) is 6. The van der Waals surface area contributed by atoms with Crippen LogP contribution >= 0.6 is 11.6 Å². The fraction of sp³-hybridized carbons (Fsp3) is 0.0909. The van der Waals surface area contributed by atoms with Crippen molar-refractivity contribution < 1.29 is 4.92 Å². The van der Waals surface area contributed by atoms with Gasteiger partial charge in [0.25, 0.3) is 0 Å². The summed E-state index contributed by atoms with van der Waals surface area (Å²) in [5, 5.41) is 16.9. The molecule has 0 bridgehead atoms. The van der Waals surface area contributed by atoms with E-state index in [1.165, 1.54) is 0 Å². The molecule has 19 heavy (non-hydrogen) atoms. The topological polar surface area (TPSA) is 93.0 Å². The normalized spacial score (nSPS) is 10.0. The first kappa shape index (κ1) is 13.0. The van der Waals surface area contributed by atoms with Gasteiger partial charge in [0.2, 0.25) is 11.8 Å². The highest BCUT2D eigenvalue weighted by molar-refractivity contribution is 6.30. The zero-order chi connectivity index (χ0) is 13.8. The molecular weight excluding hydrogens is 270 g/mol. The summed E-state index contributed by atoms with van der Waals surface area (Å²) in [6, 6.07) is 6.95. The Bertz CT molecular complexity index is 603. The van der Waals surface area contributed by atoms with Crippen molar-refractivity contribution in [1.29, 1.82) is 0 Å². The summed E-state index contributed by atoms with van der Waals surface area (Å²) < 4.78 is 0. The molecule has 1 heterocycles. The number of hydrogen-bond donors (Lipinski definition) is 2. The van der Waals surface area contributed by atoms with Crippen LogP contribution in [0.2, 0.25) is 5.02 Å². The average molecular weight is 280 g/mol. The van der Waals surface area contributed by atoms with Crippen molar-refractivity contribution in [2.45, 2.75) is 0 Å². The standard InChI is InChI=1S/C11H10ClN5O2/c1-13-10-9(17(18)19)6-14-11(16-10)15-8-4-2-7(12)3-5-8/h2-6H,1H3,(H2,13,14,15,16). The van der Waals surface area contributed by atoms with Gasteiger partial charge in [-0.15, -0.1) is 0 Å². The van der Waals surface area contributed by atoms with E-state index in [0.29, 0.717) is 5.02 Å². The molecule has 0 aliphatic carbocycles. The summed E-state index contributed by atoms with van der Waals surface area (Å²) in [6.07, 6.45) is 1.15. The number of nitrogens with zero attached hydrogens (tertiary/aromatic N) is 3. The lowest BCUT2D eigenvalue weighted by atomic mass is 10.3. The first-order chi connectivity index (χ1) is 9.10. The van der Waals surface area contributed by atoms with Crippen LogP contribution in [0.15, 0.2) is 30.5 Å². The Morgan fingerprint density at radius 3 is 2.58 bits per heavy atom. The summed E-state index contributed by atoms with van der Waals surface area (Å²) in [5.41, 5.74) is 0.560. The summed E-state index contributed by atoms with van der Waals surface area (Å²) in [4.78, 5) is 18.1. The molecule has 7 nitrogen and oxygen atoms in total. The maximum Gasteiger partial charge on any atom is 0.329 e. The summed E-state index contributed by atoms with van der Waals surface area (Å²) in [7, 11) is 1.56. The average Bonchev–Trinajstić information content (AvgIpc) is 2.41. The van der Waals surface area contributed by atoms with Crippen LogP contribution in [0, 0.1) is 10.1 Å². The van der Waals surface area contributed by atoms with Crippen molar-refractivity contribution in [2.75, 3.05) is 17.7 Å². The second kappa shape index (κ2) is 5.49. The Labute approximate surface area is 113 Å². The van der Waals surface area contributed by atoms with Gasteiger partial charge in [0.1, 0.15) is 6.20 Å². The van der Waals surface area contributed by atoms with Crippen LogP contribution < -0.4 is 10.6 Å². The predicted molar refractivity (Wildman–Crippen MR) is 73.0 cm³/mol. The van der Waals surface area contributed by atoms with E-state index in [4.69, 9.17) is 11.6 Å². The van der Waals surface area contributed by atoms with Crippen molar-refractivity contribution in [3.63, 3.8) is 0 Å².